The molecule has 1 aromatic carbocycles. The zero-order chi connectivity index (χ0) is 14.7. The number of fused-ring (bicyclic) bond motifs is 1. The normalized spacial score (nSPS) is 15.3. The van der Waals surface area contributed by atoms with Gasteiger partial charge in [0.1, 0.15) is 5.52 Å². The van der Waals surface area contributed by atoms with E-state index < -0.39 is 0 Å². The molecule has 1 aliphatic rings. The molecule has 2 aromatic rings. The van der Waals surface area contributed by atoms with Gasteiger partial charge in [-0.1, -0.05) is 0 Å². The lowest BCUT2D eigenvalue weighted by Crippen LogP contribution is -2.41. The summed E-state index contributed by atoms with van der Waals surface area (Å²) in [5.74, 6) is 0.152. The minimum atomic E-state index is 0.152. The molecule has 1 fully saturated rings. The van der Waals surface area contributed by atoms with Gasteiger partial charge >= 0.3 is 0 Å². The summed E-state index contributed by atoms with van der Waals surface area (Å²) in [5, 5.41) is 3.23. The molecule has 0 aliphatic carbocycles. The van der Waals surface area contributed by atoms with Gasteiger partial charge in [0.05, 0.1) is 34.8 Å². The van der Waals surface area contributed by atoms with Crippen LogP contribution in [0.3, 0.4) is 0 Å². The van der Waals surface area contributed by atoms with E-state index in [1.54, 1.807) is 16.8 Å². The van der Waals surface area contributed by atoms with Crippen LogP contribution in [0.15, 0.2) is 17.6 Å². The predicted molar refractivity (Wildman–Crippen MR) is 84.5 cm³/mol. The van der Waals surface area contributed by atoms with Crippen LogP contribution in [0.25, 0.3) is 10.2 Å². The first kappa shape index (κ1) is 14.1. The Morgan fingerprint density at radius 2 is 2.24 bits per heavy atom. The molecule has 1 aliphatic heterocycles. The van der Waals surface area contributed by atoms with E-state index >= 15 is 0 Å². The quantitative estimate of drug-likeness (QED) is 0.838. The van der Waals surface area contributed by atoms with Crippen molar-refractivity contribution in [1.29, 1.82) is 0 Å². The maximum atomic E-state index is 12.0. The fourth-order valence-electron chi connectivity index (χ4n) is 2.38. The first-order valence-electron chi connectivity index (χ1n) is 6.97. The molecule has 0 unspecified atom stereocenters. The summed E-state index contributed by atoms with van der Waals surface area (Å²) in [6.07, 6.45) is 0.453. The van der Waals surface area contributed by atoms with Crippen LogP contribution >= 0.6 is 11.3 Å². The van der Waals surface area contributed by atoms with E-state index in [0.717, 1.165) is 15.9 Å². The number of nitrogens with zero attached hydrogens (tertiary/aromatic N) is 2. The Balaban J connectivity index is 1.56. The molecule has 21 heavy (non-hydrogen) atoms. The Bertz CT molecular complexity index is 637. The minimum absolute atomic E-state index is 0.152. The Kier molecular flexibility index (Phi) is 4.21. The second-order valence-corrected chi connectivity index (χ2v) is 5.78. The molecule has 7 heteroatoms. The van der Waals surface area contributed by atoms with Crippen LogP contribution in [0.2, 0.25) is 0 Å². The van der Waals surface area contributed by atoms with Crippen LogP contribution in [0.1, 0.15) is 6.42 Å². The lowest BCUT2D eigenvalue weighted by molar-refractivity contribution is -0.134. The van der Waals surface area contributed by atoms with Gasteiger partial charge in [-0.05, 0) is 12.1 Å². The SMILES string of the molecule is Nc1c(NCCC(=O)N2CCOCC2)ccc2scnc12. The van der Waals surface area contributed by atoms with Crippen LogP contribution in [0, 0.1) is 0 Å². The Morgan fingerprint density at radius 1 is 1.43 bits per heavy atom. The molecule has 112 valence electrons. The van der Waals surface area contributed by atoms with Gasteiger partial charge in [-0.3, -0.25) is 4.79 Å². The van der Waals surface area contributed by atoms with Gasteiger partial charge < -0.3 is 20.7 Å². The largest absolute Gasteiger partial charge is 0.395 e. The highest BCUT2D eigenvalue weighted by atomic mass is 32.1. The topological polar surface area (TPSA) is 80.5 Å². The second kappa shape index (κ2) is 6.28. The monoisotopic (exact) mass is 306 g/mol. The summed E-state index contributed by atoms with van der Waals surface area (Å²) in [6.45, 7) is 3.20. The summed E-state index contributed by atoms with van der Waals surface area (Å²) >= 11 is 1.57. The molecule has 0 atom stereocenters. The molecule has 2 heterocycles. The molecular weight excluding hydrogens is 288 g/mol. The summed E-state index contributed by atoms with van der Waals surface area (Å²) in [5.41, 5.74) is 10.2. The number of ether oxygens (including phenoxy) is 1. The van der Waals surface area contributed by atoms with Crippen molar-refractivity contribution < 1.29 is 9.53 Å². The zero-order valence-electron chi connectivity index (χ0n) is 11.7. The van der Waals surface area contributed by atoms with Crippen molar-refractivity contribution in [2.24, 2.45) is 0 Å². The van der Waals surface area contributed by atoms with E-state index in [1.807, 2.05) is 17.0 Å². The molecule has 6 nitrogen and oxygen atoms in total. The fourth-order valence-corrected chi connectivity index (χ4v) is 3.07. The number of hydrogen-bond acceptors (Lipinski definition) is 6. The third-order valence-corrected chi connectivity index (χ3v) is 4.35. The lowest BCUT2D eigenvalue weighted by Gasteiger charge is -2.27. The van der Waals surface area contributed by atoms with E-state index in [1.165, 1.54) is 0 Å². The Labute approximate surface area is 126 Å². The first-order chi connectivity index (χ1) is 10.3. The van der Waals surface area contributed by atoms with Crippen molar-refractivity contribution in [1.82, 2.24) is 9.88 Å². The van der Waals surface area contributed by atoms with Gasteiger partial charge in [-0.25, -0.2) is 4.98 Å². The Morgan fingerprint density at radius 3 is 3.05 bits per heavy atom. The van der Waals surface area contributed by atoms with Gasteiger partial charge in [0.2, 0.25) is 5.91 Å². The van der Waals surface area contributed by atoms with E-state index in [4.69, 9.17) is 10.5 Å². The van der Waals surface area contributed by atoms with Crippen LogP contribution in [-0.2, 0) is 9.53 Å². The molecule has 1 amide bonds. The Hall–Kier alpha value is -1.86. The lowest BCUT2D eigenvalue weighted by atomic mass is 10.2. The molecule has 3 rings (SSSR count). The van der Waals surface area contributed by atoms with Crippen molar-refractivity contribution in [2.75, 3.05) is 43.9 Å². The maximum absolute atomic E-state index is 12.0. The van der Waals surface area contributed by atoms with Gasteiger partial charge in [0.25, 0.3) is 0 Å². The van der Waals surface area contributed by atoms with Gasteiger partial charge in [0.15, 0.2) is 0 Å². The number of hydrogen-bond donors (Lipinski definition) is 2. The molecule has 0 saturated carbocycles. The van der Waals surface area contributed by atoms with Gasteiger partial charge in [0, 0.05) is 26.1 Å². The van der Waals surface area contributed by atoms with Crippen molar-refractivity contribution in [2.45, 2.75) is 6.42 Å². The number of carbonyl (C=O) groups is 1. The molecular formula is C14H18N4O2S. The van der Waals surface area contributed by atoms with E-state index in [9.17, 15) is 4.79 Å². The van der Waals surface area contributed by atoms with Crippen LogP contribution < -0.4 is 11.1 Å². The number of nitrogen functional groups attached to an aromatic ring is 1. The van der Waals surface area contributed by atoms with Crippen molar-refractivity contribution in [3.05, 3.63) is 17.6 Å². The minimum Gasteiger partial charge on any atom is -0.395 e. The number of benzene rings is 1. The third-order valence-electron chi connectivity index (χ3n) is 3.56. The average Bonchev–Trinajstić information content (AvgIpc) is 3.00. The van der Waals surface area contributed by atoms with Crippen molar-refractivity contribution in [3.8, 4) is 0 Å². The number of carbonyl (C=O) groups excluding carboxylic acids is 1. The van der Waals surface area contributed by atoms with Crippen molar-refractivity contribution in [3.63, 3.8) is 0 Å². The summed E-state index contributed by atoms with van der Waals surface area (Å²) in [7, 11) is 0. The van der Waals surface area contributed by atoms with Gasteiger partial charge in [-0.2, -0.15) is 0 Å². The van der Waals surface area contributed by atoms with Crippen LogP contribution in [-0.4, -0.2) is 48.6 Å². The zero-order valence-corrected chi connectivity index (χ0v) is 12.5. The standard InChI is InChI=1S/C14H18N4O2S/c15-13-10(1-2-11-14(13)17-9-21-11)16-4-3-12(19)18-5-7-20-8-6-18/h1-2,9,16H,3-8,15H2. The highest BCUT2D eigenvalue weighted by Gasteiger charge is 2.16. The molecule has 0 spiro atoms. The molecule has 0 bridgehead atoms. The highest BCUT2D eigenvalue weighted by molar-refractivity contribution is 7.16. The molecule has 1 saturated heterocycles. The number of amides is 1. The van der Waals surface area contributed by atoms with Crippen LogP contribution in [0.5, 0.6) is 0 Å². The molecule has 1 aromatic heterocycles. The predicted octanol–water partition coefficient (Wildman–Crippen LogP) is 1.54. The highest BCUT2D eigenvalue weighted by Crippen LogP contribution is 2.29. The van der Waals surface area contributed by atoms with Gasteiger partial charge in [-0.15, -0.1) is 11.3 Å². The number of nitrogens with one attached hydrogen (secondary N) is 1. The van der Waals surface area contributed by atoms with Crippen molar-refractivity contribution >= 4 is 38.8 Å². The van der Waals surface area contributed by atoms with E-state index in [-0.39, 0.29) is 5.91 Å². The fraction of sp³-hybridized carbons (Fsp3) is 0.429. The number of anilines is 2. The summed E-state index contributed by atoms with van der Waals surface area (Å²) in [4.78, 5) is 18.1. The van der Waals surface area contributed by atoms with E-state index in [2.05, 4.69) is 10.3 Å². The van der Waals surface area contributed by atoms with E-state index in [0.29, 0.717) is 45.0 Å². The number of aromatic nitrogens is 1. The number of thiazole rings is 1. The third kappa shape index (κ3) is 3.08. The average molecular weight is 306 g/mol. The number of rotatable bonds is 4. The summed E-state index contributed by atoms with van der Waals surface area (Å²) < 4.78 is 6.31. The summed E-state index contributed by atoms with van der Waals surface area (Å²) in [6, 6.07) is 3.94. The first-order valence-corrected chi connectivity index (χ1v) is 7.85. The number of nitrogens with two attached hydrogens (primary N) is 1. The molecule has 0 radical (unpaired) electrons. The number of morpholine rings is 1. The second-order valence-electron chi connectivity index (χ2n) is 4.90. The smallest absolute Gasteiger partial charge is 0.224 e. The van der Waals surface area contributed by atoms with Crippen LogP contribution in [0.4, 0.5) is 11.4 Å². The molecule has 3 N–H and O–H groups in total. The maximum Gasteiger partial charge on any atom is 0.224 e.